The van der Waals surface area contributed by atoms with Crippen molar-refractivity contribution in [2.75, 3.05) is 13.2 Å². The van der Waals surface area contributed by atoms with Gasteiger partial charge in [-0.3, -0.25) is 0 Å². The van der Waals surface area contributed by atoms with Gasteiger partial charge in [0.05, 0.1) is 8.95 Å². The summed E-state index contributed by atoms with van der Waals surface area (Å²) in [6, 6.07) is 0. The fourth-order valence-electron chi connectivity index (χ4n) is 2.96. The molecule has 0 bridgehead atoms. The fourth-order valence-corrected chi connectivity index (χ4v) is 5.46. The molecule has 0 heterocycles. The van der Waals surface area contributed by atoms with E-state index in [2.05, 4.69) is 105 Å². The van der Waals surface area contributed by atoms with Gasteiger partial charge in [-0.2, -0.15) is 0 Å². The summed E-state index contributed by atoms with van der Waals surface area (Å²) in [6.45, 7) is 16.8. The number of hydrogen-bond donors (Lipinski definition) is 0. The van der Waals surface area contributed by atoms with Crippen molar-refractivity contribution in [3.05, 3.63) is 65.5 Å². The zero-order valence-electron chi connectivity index (χ0n) is 16.3. The van der Waals surface area contributed by atoms with Gasteiger partial charge < -0.3 is 9.47 Å². The van der Waals surface area contributed by atoms with Gasteiger partial charge in [0.25, 0.3) is 0 Å². The SMILES string of the molecule is C=CCOc1c(Br)c(Br)c(Br)c(-c2c(C)c(C)c(C)c(C)c2Br)c1OCC=C. The average molecular weight is 638 g/mol. The van der Waals surface area contributed by atoms with Crippen molar-refractivity contribution >= 4 is 63.7 Å². The summed E-state index contributed by atoms with van der Waals surface area (Å²) >= 11 is 14.9. The predicted molar refractivity (Wildman–Crippen MR) is 133 cm³/mol. The predicted octanol–water partition coefficient (Wildman–Crippen LogP) is 8.77. The summed E-state index contributed by atoms with van der Waals surface area (Å²) in [6.07, 6.45) is 3.43. The highest BCUT2D eigenvalue weighted by atomic mass is 79.9. The van der Waals surface area contributed by atoms with E-state index in [-0.39, 0.29) is 0 Å². The Morgan fingerprint density at radius 3 is 1.64 bits per heavy atom. The standard InChI is InChI=1S/C22H22Br4O2/c1-7-9-27-21-16(15-13(5)11(3)12(4)14(6)17(15)23)18(24)19(25)20(26)22(21)28-10-8-2/h7-8H,1-2,9-10H2,3-6H3. The van der Waals surface area contributed by atoms with Gasteiger partial charge in [-0.25, -0.2) is 0 Å². The van der Waals surface area contributed by atoms with E-state index in [9.17, 15) is 0 Å². The maximum absolute atomic E-state index is 6.13. The van der Waals surface area contributed by atoms with Crippen LogP contribution >= 0.6 is 63.7 Å². The van der Waals surface area contributed by atoms with E-state index in [4.69, 9.17) is 9.47 Å². The van der Waals surface area contributed by atoms with Gasteiger partial charge in [0.15, 0.2) is 11.5 Å². The highest BCUT2D eigenvalue weighted by molar-refractivity contribution is 9.14. The van der Waals surface area contributed by atoms with Crippen LogP contribution in [-0.4, -0.2) is 13.2 Å². The second-order valence-electron chi connectivity index (χ2n) is 6.36. The van der Waals surface area contributed by atoms with E-state index >= 15 is 0 Å². The number of halogens is 4. The molecular weight excluding hydrogens is 616 g/mol. The third kappa shape index (κ3) is 4.30. The lowest BCUT2D eigenvalue weighted by Crippen LogP contribution is -2.05. The van der Waals surface area contributed by atoms with E-state index in [1.807, 2.05) is 0 Å². The Kier molecular flexibility index (Phi) is 8.44. The van der Waals surface area contributed by atoms with Crippen LogP contribution in [0.15, 0.2) is 43.2 Å². The second kappa shape index (κ2) is 9.96. The number of ether oxygens (including phenoxy) is 2. The van der Waals surface area contributed by atoms with Gasteiger partial charge in [-0.05, 0) is 114 Å². The molecule has 0 atom stereocenters. The first kappa shape index (κ1) is 23.7. The zero-order valence-corrected chi connectivity index (χ0v) is 22.7. The molecule has 0 aliphatic carbocycles. The molecule has 2 nitrogen and oxygen atoms in total. The summed E-state index contributed by atoms with van der Waals surface area (Å²) in [5.74, 6) is 1.27. The van der Waals surface area contributed by atoms with Crippen LogP contribution < -0.4 is 9.47 Å². The second-order valence-corrected chi connectivity index (χ2v) is 9.54. The van der Waals surface area contributed by atoms with Crippen molar-refractivity contribution in [2.24, 2.45) is 0 Å². The molecule has 2 rings (SSSR count). The quantitative estimate of drug-likeness (QED) is 0.223. The lowest BCUT2D eigenvalue weighted by atomic mass is 9.90. The molecule has 0 fully saturated rings. The normalized spacial score (nSPS) is 10.7. The molecule has 0 unspecified atom stereocenters. The highest BCUT2D eigenvalue weighted by Gasteiger charge is 2.27. The van der Waals surface area contributed by atoms with Crippen molar-refractivity contribution in [2.45, 2.75) is 27.7 Å². The summed E-state index contributed by atoms with van der Waals surface area (Å²) in [5, 5.41) is 0. The van der Waals surface area contributed by atoms with Crippen molar-refractivity contribution in [1.29, 1.82) is 0 Å². The minimum absolute atomic E-state index is 0.360. The fraction of sp³-hybridized carbons (Fsp3) is 0.273. The van der Waals surface area contributed by atoms with Gasteiger partial charge in [-0.1, -0.05) is 25.3 Å². The van der Waals surface area contributed by atoms with Crippen LogP contribution in [-0.2, 0) is 0 Å². The van der Waals surface area contributed by atoms with Crippen molar-refractivity contribution < 1.29 is 9.47 Å². The van der Waals surface area contributed by atoms with Gasteiger partial charge in [0, 0.05) is 20.1 Å². The molecule has 0 saturated carbocycles. The Balaban J connectivity index is 3.00. The lowest BCUT2D eigenvalue weighted by molar-refractivity contribution is 0.307. The van der Waals surface area contributed by atoms with Crippen LogP contribution in [0.2, 0.25) is 0 Å². The molecule has 0 aliphatic heterocycles. The van der Waals surface area contributed by atoms with Gasteiger partial charge in [0.2, 0.25) is 0 Å². The van der Waals surface area contributed by atoms with E-state index in [0.29, 0.717) is 24.7 Å². The Labute approximate surface area is 200 Å². The number of benzene rings is 2. The molecule has 0 amide bonds. The van der Waals surface area contributed by atoms with E-state index < -0.39 is 0 Å². The van der Waals surface area contributed by atoms with Gasteiger partial charge in [0.1, 0.15) is 13.2 Å². The van der Waals surface area contributed by atoms with Crippen LogP contribution in [0.1, 0.15) is 22.3 Å². The molecule has 0 aliphatic rings. The van der Waals surface area contributed by atoms with Crippen molar-refractivity contribution in [3.8, 4) is 22.6 Å². The van der Waals surface area contributed by atoms with Crippen LogP contribution in [0.3, 0.4) is 0 Å². The molecule has 28 heavy (non-hydrogen) atoms. The zero-order chi connectivity index (χ0) is 21.2. The van der Waals surface area contributed by atoms with Crippen LogP contribution in [0, 0.1) is 27.7 Å². The topological polar surface area (TPSA) is 18.5 Å². The molecule has 2 aromatic rings. The summed E-state index contributed by atoms with van der Waals surface area (Å²) in [7, 11) is 0. The lowest BCUT2D eigenvalue weighted by Gasteiger charge is -2.24. The Morgan fingerprint density at radius 1 is 0.607 bits per heavy atom. The van der Waals surface area contributed by atoms with Crippen molar-refractivity contribution in [1.82, 2.24) is 0 Å². The largest absolute Gasteiger partial charge is 0.485 e. The molecule has 0 radical (unpaired) electrons. The molecule has 0 N–H and O–H groups in total. The number of rotatable bonds is 7. The summed E-state index contributed by atoms with van der Waals surface area (Å²) < 4.78 is 15.7. The van der Waals surface area contributed by atoms with Gasteiger partial charge in [-0.15, -0.1) is 0 Å². The Morgan fingerprint density at radius 2 is 1.11 bits per heavy atom. The maximum Gasteiger partial charge on any atom is 0.177 e. The molecule has 0 aromatic heterocycles. The van der Waals surface area contributed by atoms with Crippen LogP contribution in [0.25, 0.3) is 11.1 Å². The monoisotopic (exact) mass is 634 g/mol. The smallest absolute Gasteiger partial charge is 0.177 e. The molecule has 6 heteroatoms. The summed E-state index contributed by atoms with van der Waals surface area (Å²) in [5.41, 5.74) is 6.91. The number of hydrogen-bond acceptors (Lipinski definition) is 2. The van der Waals surface area contributed by atoms with Gasteiger partial charge >= 0.3 is 0 Å². The van der Waals surface area contributed by atoms with Crippen LogP contribution in [0.5, 0.6) is 11.5 Å². The molecule has 0 saturated heterocycles. The molecule has 0 spiro atoms. The first-order chi connectivity index (χ1) is 13.2. The molecule has 2 aromatic carbocycles. The minimum atomic E-state index is 0.360. The average Bonchev–Trinajstić information content (AvgIpc) is 2.68. The van der Waals surface area contributed by atoms with E-state index in [1.165, 1.54) is 22.3 Å². The van der Waals surface area contributed by atoms with E-state index in [1.54, 1.807) is 12.2 Å². The third-order valence-corrected chi connectivity index (χ3v) is 9.19. The first-order valence-corrected chi connectivity index (χ1v) is 11.8. The van der Waals surface area contributed by atoms with E-state index in [0.717, 1.165) is 29.0 Å². The summed E-state index contributed by atoms with van der Waals surface area (Å²) in [4.78, 5) is 0. The Bertz CT molecular complexity index is 920. The molecular formula is C22H22Br4O2. The first-order valence-electron chi connectivity index (χ1n) is 8.62. The maximum atomic E-state index is 6.13. The minimum Gasteiger partial charge on any atom is -0.485 e. The van der Waals surface area contributed by atoms with Crippen LogP contribution in [0.4, 0.5) is 0 Å². The van der Waals surface area contributed by atoms with Crippen molar-refractivity contribution in [3.63, 3.8) is 0 Å². The molecule has 150 valence electrons. The Hall–Kier alpha value is -0.560. The highest BCUT2D eigenvalue weighted by Crippen LogP contribution is 2.54. The third-order valence-electron chi connectivity index (χ3n) is 4.79.